The normalized spacial score (nSPS) is 21.9. The van der Waals surface area contributed by atoms with E-state index in [2.05, 4.69) is 20.6 Å². The van der Waals surface area contributed by atoms with E-state index in [0.29, 0.717) is 59.3 Å². The predicted molar refractivity (Wildman–Crippen MR) is 138 cm³/mol. The lowest BCUT2D eigenvalue weighted by Crippen LogP contribution is -2.61. The van der Waals surface area contributed by atoms with Crippen LogP contribution in [-0.2, 0) is 11.8 Å². The molecule has 196 valence electrons. The van der Waals surface area contributed by atoms with Crippen LogP contribution in [-0.4, -0.2) is 58.9 Å². The fraction of sp³-hybridized carbons (Fsp3) is 0.480. The molecular formula is C25H27ClF2N6O3. The zero-order valence-electron chi connectivity index (χ0n) is 20.6. The van der Waals surface area contributed by atoms with Gasteiger partial charge >= 0.3 is 5.92 Å². The summed E-state index contributed by atoms with van der Waals surface area (Å²) in [4.78, 5) is 23.9. The second-order valence-electron chi connectivity index (χ2n) is 10.3. The van der Waals surface area contributed by atoms with Crippen molar-refractivity contribution in [3.8, 4) is 5.75 Å². The molecule has 0 amide bonds. The summed E-state index contributed by atoms with van der Waals surface area (Å²) in [6.45, 7) is 2.48. The number of pyridine rings is 1. The summed E-state index contributed by atoms with van der Waals surface area (Å²) < 4.78 is 42.1. The zero-order chi connectivity index (χ0) is 26.1. The van der Waals surface area contributed by atoms with Crippen molar-refractivity contribution >= 4 is 45.6 Å². The average molecular weight is 533 g/mol. The fourth-order valence-corrected chi connectivity index (χ4v) is 5.19. The van der Waals surface area contributed by atoms with Crippen molar-refractivity contribution < 1.29 is 18.3 Å². The van der Waals surface area contributed by atoms with Crippen LogP contribution in [0.25, 0.3) is 10.9 Å². The Hall–Kier alpha value is -3.18. The highest BCUT2D eigenvalue weighted by Crippen LogP contribution is 2.45. The SMILES string of the molecule is COC1(C)CN(c2ncc(Cl)c(Nc3ccc4c(c3)c3c(c(=O)n4C)OCC(F)(F)C(C4CC4)N3)n2)C1. The monoisotopic (exact) mass is 532 g/mol. The molecule has 1 aromatic carbocycles. The van der Waals surface area contributed by atoms with E-state index in [-0.39, 0.29) is 23.0 Å². The van der Waals surface area contributed by atoms with Gasteiger partial charge in [0.15, 0.2) is 12.4 Å². The van der Waals surface area contributed by atoms with Gasteiger partial charge in [-0.2, -0.15) is 4.98 Å². The Morgan fingerprint density at radius 2 is 2.05 bits per heavy atom. The Bertz CT molecular complexity index is 1450. The summed E-state index contributed by atoms with van der Waals surface area (Å²) >= 11 is 6.40. The highest BCUT2D eigenvalue weighted by molar-refractivity contribution is 6.33. The molecule has 12 heteroatoms. The van der Waals surface area contributed by atoms with Gasteiger partial charge < -0.3 is 29.6 Å². The molecule has 2 aliphatic heterocycles. The van der Waals surface area contributed by atoms with E-state index in [0.717, 1.165) is 0 Å². The minimum atomic E-state index is -3.10. The van der Waals surface area contributed by atoms with Crippen LogP contribution in [0.1, 0.15) is 19.8 Å². The standard InChI is InChI=1S/C25H27ClF2N6O3/c1-24(36-3)10-34(11-24)23-29-9-16(26)21(32-23)30-14-6-7-17-15(8-14)18-19(22(35)33(17)2)37-12-25(27,28)20(31-18)13-4-5-13/h6-9,13,20,31H,4-5,10-12H2,1-3H3,(H,29,30,32). The lowest BCUT2D eigenvalue weighted by molar-refractivity contribution is -0.0579. The highest BCUT2D eigenvalue weighted by Gasteiger charge is 2.51. The van der Waals surface area contributed by atoms with Gasteiger partial charge in [0.2, 0.25) is 11.7 Å². The van der Waals surface area contributed by atoms with E-state index >= 15 is 0 Å². The smallest absolute Gasteiger partial charge is 0.301 e. The lowest BCUT2D eigenvalue weighted by atomic mass is 9.97. The quantitative estimate of drug-likeness (QED) is 0.506. The van der Waals surface area contributed by atoms with Crippen molar-refractivity contribution in [1.29, 1.82) is 0 Å². The highest BCUT2D eigenvalue weighted by atomic mass is 35.5. The molecule has 1 aliphatic carbocycles. The number of aryl methyl sites for hydroxylation is 1. The fourth-order valence-electron chi connectivity index (χ4n) is 5.05. The van der Waals surface area contributed by atoms with Crippen molar-refractivity contribution in [2.75, 3.05) is 42.3 Å². The number of anilines is 4. The number of nitrogens with one attached hydrogen (secondary N) is 2. The average Bonchev–Trinajstić information content (AvgIpc) is 3.69. The van der Waals surface area contributed by atoms with Crippen LogP contribution in [0.2, 0.25) is 5.02 Å². The summed E-state index contributed by atoms with van der Waals surface area (Å²) in [6, 6.07) is 4.21. The van der Waals surface area contributed by atoms with E-state index < -0.39 is 24.1 Å². The van der Waals surface area contributed by atoms with E-state index in [4.69, 9.17) is 21.1 Å². The summed E-state index contributed by atoms with van der Waals surface area (Å²) in [5, 5.41) is 7.11. The molecule has 2 aromatic heterocycles. The molecule has 3 aromatic rings. The number of hydrogen-bond donors (Lipinski definition) is 2. The number of nitrogens with zero attached hydrogens (tertiary/aromatic N) is 4. The maximum Gasteiger partial charge on any atom is 0.301 e. The predicted octanol–water partition coefficient (Wildman–Crippen LogP) is 4.17. The minimum Gasteiger partial charge on any atom is -0.480 e. The van der Waals surface area contributed by atoms with Crippen LogP contribution in [0, 0.1) is 5.92 Å². The van der Waals surface area contributed by atoms with Crippen LogP contribution >= 0.6 is 11.6 Å². The zero-order valence-corrected chi connectivity index (χ0v) is 21.4. The number of methoxy groups -OCH3 is 1. The first kappa shape index (κ1) is 24.2. The van der Waals surface area contributed by atoms with Gasteiger partial charge in [0.05, 0.1) is 36.5 Å². The van der Waals surface area contributed by atoms with Crippen molar-refractivity contribution in [2.24, 2.45) is 13.0 Å². The van der Waals surface area contributed by atoms with Crippen LogP contribution in [0.15, 0.2) is 29.2 Å². The van der Waals surface area contributed by atoms with E-state index in [1.54, 1.807) is 32.4 Å². The van der Waals surface area contributed by atoms with Gasteiger partial charge in [0, 0.05) is 25.2 Å². The van der Waals surface area contributed by atoms with Gasteiger partial charge in [-0.05, 0) is 43.9 Å². The van der Waals surface area contributed by atoms with Crippen LogP contribution in [0.5, 0.6) is 5.75 Å². The van der Waals surface area contributed by atoms with Crippen molar-refractivity contribution in [3.05, 3.63) is 39.8 Å². The summed E-state index contributed by atoms with van der Waals surface area (Å²) in [5.41, 5.74) is 0.770. The van der Waals surface area contributed by atoms with E-state index in [1.165, 1.54) is 10.8 Å². The lowest BCUT2D eigenvalue weighted by Gasteiger charge is -2.46. The number of aromatic nitrogens is 3. The molecule has 1 unspecified atom stereocenters. The number of fused-ring (bicyclic) bond motifs is 3. The van der Waals surface area contributed by atoms with E-state index in [9.17, 15) is 13.6 Å². The van der Waals surface area contributed by atoms with Gasteiger partial charge in [-0.3, -0.25) is 4.79 Å². The van der Waals surface area contributed by atoms with Crippen LogP contribution in [0.3, 0.4) is 0 Å². The van der Waals surface area contributed by atoms with Crippen LogP contribution < -0.4 is 25.8 Å². The summed E-state index contributed by atoms with van der Waals surface area (Å²) in [5.74, 6) is -2.45. The Morgan fingerprint density at radius 1 is 1.30 bits per heavy atom. The third-order valence-corrected chi connectivity index (χ3v) is 7.71. The first-order valence-corrected chi connectivity index (χ1v) is 12.5. The van der Waals surface area contributed by atoms with Crippen LogP contribution in [0.4, 0.5) is 31.9 Å². The number of rotatable bonds is 5. The second kappa shape index (κ2) is 8.42. The Morgan fingerprint density at radius 3 is 2.76 bits per heavy atom. The largest absolute Gasteiger partial charge is 0.480 e. The van der Waals surface area contributed by atoms with Gasteiger partial charge in [-0.25, -0.2) is 13.8 Å². The Balaban J connectivity index is 1.37. The maximum atomic E-state index is 14.9. The molecule has 6 rings (SSSR count). The first-order valence-electron chi connectivity index (χ1n) is 12.1. The third-order valence-electron chi connectivity index (χ3n) is 7.43. The van der Waals surface area contributed by atoms with Crippen molar-refractivity contribution in [3.63, 3.8) is 0 Å². The molecule has 1 saturated heterocycles. The Kier molecular flexibility index (Phi) is 5.50. The molecule has 0 spiro atoms. The summed E-state index contributed by atoms with van der Waals surface area (Å²) in [6.07, 6.45) is 2.96. The number of ether oxygens (including phenoxy) is 2. The molecule has 2 N–H and O–H groups in total. The Labute approximate surface area is 216 Å². The van der Waals surface area contributed by atoms with Crippen molar-refractivity contribution in [2.45, 2.75) is 37.3 Å². The first-order chi connectivity index (χ1) is 17.6. The second-order valence-corrected chi connectivity index (χ2v) is 10.7. The molecule has 4 heterocycles. The molecule has 0 bridgehead atoms. The minimum absolute atomic E-state index is 0.101. The van der Waals surface area contributed by atoms with Gasteiger partial charge in [0.25, 0.3) is 5.56 Å². The van der Waals surface area contributed by atoms with E-state index in [1.807, 2.05) is 11.8 Å². The van der Waals surface area contributed by atoms with Crippen molar-refractivity contribution in [1.82, 2.24) is 14.5 Å². The molecule has 2 fully saturated rings. The molecule has 9 nitrogen and oxygen atoms in total. The van der Waals surface area contributed by atoms with Gasteiger partial charge in [0.1, 0.15) is 10.6 Å². The molecule has 1 atom stereocenters. The molecule has 37 heavy (non-hydrogen) atoms. The maximum absolute atomic E-state index is 14.9. The molecule has 0 radical (unpaired) electrons. The topological polar surface area (TPSA) is 93.5 Å². The number of benzene rings is 1. The van der Waals surface area contributed by atoms with Gasteiger partial charge in [-0.1, -0.05) is 11.6 Å². The summed E-state index contributed by atoms with van der Waals surface area (Å²) in [7, 11) is 3.27. The molecule has 1 saturated carbocycles. The molecular weight excluding hydrogens is 506 g/mol. The number of halogens is 3. The third kappa shape index (κ3) is 4.14. The van der Waals surface area contributed by atoms with Gasteiger partial charge in [-0.15, -0.1) is 0 Å². The number of alkyl halides is 2. The number of hydrogen-bond acceptors (Lipinski definition) is 8. The molecule has 3 aliphatic rings.